The van der Waals surface area contributed by atoms with Gasteiger partial charge in [0.05, 0.1) is 26.8 Å². The van der Waals surface area contributed by atoms with Gasteiger partial charge >= 0.3 is 5.97 Å². The number of benzene rings is 1. The second kappa shape index (κ2) is 4.48. The molecule has 2 rings (SSSR count). The summed E-state index contributed by atoms with van der Waals surface area (Å²) in [5.74, 6) is -0.119. The van der Waals surface area contributed by atoms with Crippen molar-refractivity contribution in [2.75, 3.05) is 21.3 Å². The van der Waals surface area contributed by atoms with Crippen LogP contribution in [0.3, 0.4) is 0 Å². The fraction of sp³-hybridized carbons (Fsp3) is 0.250. The molecule has 0 spiro atoms. The Morgan fingerprint density at radius 3 is 2.50 bits per heavy atom. The lowest BCUT2D eigenvalue weighted by Crippen LogP contribution is -2.00. The van der Waals surface area contributed by atoms with Crippen molar-refractivity contribution in [1.29, 1.82) is 0 Å². The van der Waals surface area contributed by atoms with Gasteiger partial charge < -0.3 is 24.3 Å². The van der Waals surface area contributed by atoms with E-state index in [9.17, 15) is 9.90 Å². The highest BCUT2D eigenvalue weighted by atomic mass is 16.5. The van der Waals surface area contributed by atoms with Crippen LogP contribution in [0, 0.1) is 0 Å². The topological polar surface area (TPSA) is 80.8 Å². The molecule has 2 aromatic rings. The number of phenolic OH excluding ortho intramolecular Hbond substituents is 1. The molecule has 0 aliphatic heterocycles. The largest absolute Gasteiger partial charge is 0.502 e. The van der Waals surface area contributed by atoms with Crippen LogP contribution in [0.4, 0.5) is 0 Å². The number of aromatic amines is 1. The minimum atomic E-state index is -0.494. The number of aromatic nitrogens is 1. The Balaban J connectivity index is 2.71. The Hall–Kier alpha value is -2.37. The first-order chi connectivity index (χ1) is 8.62. The maximum atomic E-state index is 11.4. The summed E-state index contributed by atoms with van der Waals surface area (Å²) in [6.07, 6.45) is 0. The van der Waals surface area contributed by atoms with Crippen molar-refractivity contribution in [1.82, 2.24) is 4.98 Å². The second-order valence-corrected chi connectivity index (χ2v) is 3.60. The predicted molar refractivity (Wildman–Crippen MR) is 64.4 cm³/mol. The summed E-state index contributed by atoms with van der Waals surface area (Å²) in [7, 11) is 4.16. The van der Waals surface area contributed by atoms with E-state index in [1.165, 1.54) is 21.3 Å². The van der Waals surface area contributed by atoms with E-state index in [-0.39, 0.29) is 22.9 Å². The molecule has 0 saturated carbocycles. The van der Waals surface area contributed by atoms with Gasteiger partial charge in [-0.15, -0.1) is 0 Å². The molecule has 0 atom stereocenters. The lowest BCUT2D eigenvalue weighted by atomic mass is 10.2. The molecule has 0 amide bonds. The van der Waals surface area contributed by atoms with E-state index in [4.69, 9.17) is 9.47 Å². The maximum Gasteiger partial charge on any atom is 0.354 e. The van der Waals surface area contributed by atoms with E-state index in [1.54, 1.807) is 12.1 Å². The van der Waals surface area contributed by atoms with Gasteiger partial charge in [-0.2, -0.15) is 0 Å². The number of H-pyrrole nitrogens is 1. The zero-order valence-electron chi connectivity index (χ0n) is 10.2. The lowest BCUT2D eigenvalue weighted by Gasteiger charge is -2.08. The zero-order chi connectivity index (χ0) is 13.3. The van der Waals surface area contributed by atoms with Gasteiger partial charge in [-0.05, 0) is 12.1 Å². The van der Waals surface area contributed by atoms with Gasteiger partial charge in [0.2, 0.25) is 5.75 Å². The first-order valence-corrected chi connectivity index (χ1v) is 5.17. The summed E-state index contributed by atoms with van der Waals surface area (Å²) in [4.78, 5) is 14.3. The molecule has 1 aromatic carbocycles. The summed E-state index contributed by atoms with van der Waals surface area (Å²) >= 11 is 0. The van der Waals surface area contributed by atoms with Crippen molar-refractivity contribution in [3.8, 4) is 17.2 Å². The number of fused-ring (bicyclic) bond motifs is 1. The Morgan fingerprint density at radius 1 is 1.22 bits per heavy atom. The van der Waals surface area contributed by atoms with Crippen LogP contribution in [0.5, 0.6) is 17.2 Å². The van der Waals surface area contributed by atoms with Crippen molar-refractivity contribution in [3.05, 3.63) is 17.8 Å². The molecule has 0 radical (unpaired) electrons. The van der Waals surface area contributed by atoms with Gasteiger partial charge in [0, 0.05) is 5.39 Å². The van der Waals surface area contributed by atoms with Crippen LogP contribution in [0.25, 0.3) is 10.9 Å². The number of phenols is 1. The molecule has 1 aromatic heterocycles. The number of carbonyl (C=O) groups is 1. The van der Waals surface area contributed by atoms with Gasteiger partial charge in [0.15, 0.2) is 11.5 Å². The molecular formula is C12H13NO5. The van der Waals surface area contributed by atoms with Crippen molar-refractivity contribution in [2.24, 2.45) is 0 Å². The summed E-state index contributed by atoms with van der Waals surface area (Å²) in [6.45, 7) is 0. The quantitative estimate of drug-likeness (QED) is 0.811. The fourth-order valence-corrected chi connectivity index (χ4v) is 1.79. The first kappa shape index (κ1) is 12.1. The van der Waals surface area contributed by atoms with Crippen LogP contribution < -0.4 is 9.47 Å². The van der Waals surface area contributed by atoms with Gasteiger partial charge in [-0.25, -0.2) is 4.79 Å². The van der Waals surface area contributed by atoms with Crippen LogP contribution in [-0.4, -0.2) is 37.4 Å². The van der Waals surface area contributed by atoms with Crippen LogP contribution in [0.2, 0.25) is 0 Å². The molecule has 0 aliphatic rings. The monoisotopic (exact) mass is 251 g/mol. The molecule has 6 heteroatoms. The summed E-state index contributed by atoms with van der Waals surface area (Å²) in [5, 5.41) is 10.6. The van der Waals surface area contributed by atoms with E-state index in [2.05, 4.69) is 9.72 Å². The number of carbonyl (C=O) groups excluding carboxylic acids is 1. The lowest BCUT2D eigenvalue weighted by molar-refractivity contribution is 0.0595. The van der Waals surface area contributed by atoms with E-state index < -0.39 is 5.97 Å². The average molecular weight is 251 g/mol. The number of hydrogen-bond donors (Lipinski definition) is 2. The highest BCUT2D eigenvalue weighted by Crippen LogP contribution is 2.42. The minimum Gasteiger partial charge on any atom is -0.502 e. The highest BCUT2D eigenvalue weighted by Gasteiger charge is 2.18. The third-order valence-corrected chi connectivity index (χ3v) is 2.64. The number of esters is 1. The van der Waals surface area contributed by atoms with Crippen molar-refractivity contribution < 1.29 is 24.1 Å². The first-order valence-electron chi connectivity index (χ1n) is 5.17. The van der Waals surface area contributed by atoms with Crippen molar-refractivity contribution in [2.45, 2.75) is 0 Å². The van der Waals surface area contributed by atoms with Gasteiger partial charge in [0.25, 0.3) is 0 Å². The molecule has 18 heavy (non-hydrogen) atoms. The van der Waals surface area contributed by atoms with E-state index in [0.29, 0.717) is 10.9 Å². The Morgan fingerprint density at radius 2 is 1.94 bits per heavy atom. The van der Waals surface area contributed by atoms with Crippen LogP contribution in [0.1, 0.15) is 10.5 Å². The molecule has 0 bridgehead atoms. The molecule has 0 fully saturated rings. The third kappa shape index (κ3) is 1.71. The smallest absolute Gasteiger partial charge is 0.354 e. The second-order valence-electron chi connectivity index (χ2n) is 3.60. The number of nitrogens with one attached hydrogen (secondary N) is 1. The Bertz CT molecular complexity index is 602. The number of aromatic hydroxyl groups is 1. The highest BCUT2D eigenvalue weighted by molar-refractivity contribution is 5.98. The van der Waals surface area contributed by atoms with E-state index in [1.807, 2.05) is 0 Å². The van der Waals surface area contributed by atoms with Gasteiger partial charge in [-0.1, -0.05) is 0 Å². The molecule has 0 unspecified atom stereocenters. The van der Waals surface area contributed by atoms with Crippen LogP contribution in [0.15, 0.2) is 12.1 Å². The van der Waals surface area contributed by atoms with Crippen molar-refractivity contribution >= 4 is 16.9 Å². The number of rotatable bonds is 3. The van der Waals surface area contributed by atoms with Crippen molar-refractivity contribution in [3.63, 3.8) is 0 Å². The zero-order valence-corrected chi connectivity index (χ0v) is 10.2. The molecule has 6 nitrogen and oxygen atoms in total. The molecule has 96 valence electrons. The number of hydrogen-bond acceptors (Lipinski definition) is 5. The third-order valence-electron chi connectivity index (χ3n) is 2.64. The minimum absolute atomic E-state index is 0.120. The number of methoxy groups -OCH3 is 3. The predicted octanol–water partition coefficient (Wildman–Crippen LogP) is 1.68. The SMILES string of the molecule is COC(=O)c1cc2cc(OC)c(O)c(OC)c2[nH]1. The summed E-state index contributed by atoms with van der Waals surface area (Å²) in [6, 6.07) is 3.21. The molecule has 0 saturated heterocycles. The van der Waals surface area contributed by atoms with E-state index >= 15 is 0 Å². The standard InChI is InChI=1S/C12H13NO5/c1-16-8-5-6-4-7(12(15)18-3)13-9(6)11(17-2)10(8)14/h4-5,13-14H,1-3H3. The average Bonchev–Trinajstić information content (AvgIpc) is 2.80. The van der Waals surface area contributed by atoms with Gasteiger partial charge in [-0.3, -0.25) is 0 Å². The normalized spacial score (nSPS) is 10.4. The Kier molecular flexibility index (Phi) is 3.01. The fourth-order valence-electron chi connectivity index (χ4n) is 1.79. The molecule has 0 aliphatic carbocycles. The number of ether oxygens (including phenoxy) is 3. The maximum absolute atomic E-state index is 11.4. The van der Waals surface area contributed by atoms with E-state index in [0.717, 1.165) is 0 Å². The Labute approximate surface area is 103 Å². The summed E-state index contributed by atoms with van der Waals surface area (Å²) < 4.78 is 14.8. The van der Waals surface area contributed by atoms with Gasteiger partial charge in [0.1, 0.15) is 5.69 Å². The molecule has 2 N–H and O–H groups in total. The van der Waals surface area contributed by atoms with Crippen LogP contribution in [-0.2, 0) is 4.74 Å². The van der Waals surface area contributed by atoms with Crippen LogP contribution >= 0.6 is 0 Å². The molecular weight excluding hydrogens is 238 g/mol. The summed E-state index contributed by atoms with van der Waals surface area (Å²) in [5.41, 5.74) is 0.787. The molecule has 1 heterocycles.